The molecule has 8 nitrogen and oxygen atoms in total. The van der Waals surface area contributed by atoms with Crippen molar-refractivity contribution in [3.63, 3.8) is 0 Å². The summed E-state index contributed by atoms with van der Waals surface area (Å²) in [6.07, 6.45) is 0.727. The molecule has 27 heavy (non-hydrogen) atoms. The Bertz CT molecular complexity index is 954. The third-order valence-electron chi connectivity index (χ3n) is 4.57. The molecule has 144 valence electrons. The smallest absolute Gasteiger partial charge is 0.328 e. The summed E-state index contributed by atoms with van der Waals surface area (Å²) < 4.78 is 6.78. The molecular weight excluding hydrogens is 374 g/mol. The van der Waals surface area contributed by atoms with E-state index in [0.717, 1.165) is 4.57 Å². The van der Waals surface area contributed by atoms with Crippen LogP contribution >= 0.6 is 11.6 Å². The van der Waals surface area contributed by atoms with Gasteiger partial charge >= 0.3 is 5.69 Å². The van der Waals surface area contributed by atoms with Gasteiger partial charge in [0.1, 0.15) is 12.6 Å². The third-order valence-corrected chi connectivity index (χ3v) is 4.91. The second-order valence-electron chi connectivity index (χ2n) is 6.34. The number of ether oxygens (including phenoxy) is 1. The number of H-pyrrole nitrogens is 1. The highest BCUT2D eigenvalue weighted by molar-refractivity contribution is 6.31. The number of amides is 1. The highest BCUT2D eigenvalue weighted by Gasteiger charge is 2.37. The van der Waals surface area contributed by atoms with Crippen molar-refractivity contribution in [3.05, 3.63) is 67.4 Å². The average molecular weight is 394 g/mol. The van der Waals surface area contributed by atoms with E-state index < -0.39 is 23.4 Å². The van der Waals surface area contributed by atoms with Gasteiger partial charge in [0.2, 0.25) is 5.91 Å². The fourth-order valence-electron chi connectivity index (χ4n) is 3.22. The Morgan fingerprint density at radius 3 is 2.81 bits per heavy atom. The number of carbonyl (C=O) groups is 1. The van der Waals surface area contributed by atoms with Crippen LogP contribution in [0.5, 0.6) is 0 Å². The molecule has 1 aliphatic rings. The molecule has 0 bridgehead atoms. The van der Waals surface area contributed by atoms with Crippen LogP contribution in [0.3, 0.4) is 0 Å². The Kier molecular flexibility index (Phi) is 5.79. The summed E-state index contributed by atoms with van der Waals surface area (Å²) in [6.45, 7) is 1.59. The van der Waals surface area contributed by atoms with Gasteiger partial charge in [-0.1, -0.05) is 29.8 Å². The summed E-state index contributed by atoms with van der Waals surface area (Å²) in [5, 5.41) is 10.2. The summed E-state index contributed by atoms with van der Waals surface area (Å²) in [6, 6.07) is 6.48. The number of hydrogen-bond donors (Lipinski definition) is 2. The fraction of sp³-hybridized carbons (Fsp3) is 0.389. The van der Waals surface area contributed by atoms with Crippen LogP contribution in [0.4, 0.5) is 0 Å². The predicted octanol–water partition coefficient (Wildman–Crippen LogP) is 0.459. The molecule has 1 aromatic carbocycles. The van der Waals surface area contributed by atoms with E-state index in [4.69, 9.17) is 16.3 Å². The van der Waals surface area contributed by atoms with Gasteiger partial charge in [0.25, 0.3) is 5.56 Å². The van der Waals surface area contributed by atoms with E-state index in [1.807, 2.05) is 0 Å². The van der Waals surface area contributed by atoms with Crippen molar-refractivity contribution >= 4 is 17.5 Å². The first kappa shape index (κ1) is 19.3. The molecule has 2 aromatic rings. The van der Waals surface area contributed by atoms with Gasteiger partial charge in [-0.25, -0.2) is 4.79 Å². The van der Waals surface area contributed by atoms with Crippen LogP contribution in [0.15, 0.2) is 40.1 Å². The van der Waals surface area contributed by atoms with Crippen LogP contribution in [-0.2, 0) is 16.1 Å². The number of hydrogen-bond acceptors (Lipinski definition) is 5. The standard InChI is InChI=1S/C18H20ClN3O5/c1-11-8-21(18(26)20-17(11)25)9-15(24)22-6-7-27-14(10-23)16(22)12-4-2-3-5-13(12)19/h2-5,8,14,16,23H,6-7,9-10H2,1H3,(H,20,25,26)/t14-,16-/m0/s1. The first-order chi connectivity index (χ1) is 12.9. The van der Waals surface area contributed by atoms with Crippen molar-refractivity contribution in [2.45, 2.75) is 25.6 Å². The van der Waals surface area contributed by atoms with Crippen LogP contribution in [0.1, 0.15) is 17.2 Å². The SMILES string of the molecule is Cc1cn(CC(=O)N2CCO[C@@H](CO)[C@@H]2c2ccccc2Cl)c(=O)[nH]c1=O. The minimum Gasteiger partial charge on any atom is -0.394 e. The highest BCUT2D eigenvalue weighted by atomic mass is 35.5. The first-order valence-corrected chi connectivity index (χ1v) is 8.87. The number of aliphatic hydroxyl groups excluding tert-OH is 1. The first-order valence-electron chi connectivity index (χ1n) is 8.49. The Morgan fingerprint density at radius 1 is 1.37 bits per heavy atom. The van der Waals surface area contributed by atoms with E-state index in [2.05, 4.69) is 4.98 Å². The molecule has 9 heteroatoms. The molecule has 0 radical (unpaired) electrons. The zero-order valence-corrected chi connectivity index (χ0v) is 15.5. The number of aromatic amines is 1. The zero-order valence-electron chi connectivity index (χ0n) is 14.7. The van der Waals surface area contributed by atoms with Crippen molar-refractivity contribution in [2.24, 2.45) is 0 Å². The summed E-state index contributed by atoms with van der Waals surface area (Å²) in [7, 11) is 0. The lowest BCUT2D eigenvalue weighted by atomic mass is 9.98. The number of aliphatic hydroxyl groups is 1. The topological polar surface area (TPSA) is 105 Å². The quantitative estimate of drug-likeness (QED) is 0.785. The molecule has 2 N–H and O–H groups in total. The van der Waals surface area contributed by atoms with Crippen molar-refractivity contribution in [3.8, 4) is 0 Å². The average Bonchev–Trinajstić information content (AvgIpc) is 2.66. The molecule has 0 aliphatic carbocycles. The number of nitrogens with one attached hydrogen (secondary N) is 1. The maximum atomic E-state index is 13.0. The summed E-state index contributed by atoms with van der Waals surface area (Å²) in [5.74, 6) is -0.338. The minimum absolute atomic E-state index is 0.241. The second-order valence-corrected chi connectivity index (χ2v) is 6.75. The summed E-state index contributed by atoms with van der Waals surface area (Å²) in [5.41, 5.74) is -0.138. The van der Waals surface area contributed by atoms with Gasteiger partial charge in [-0.15, -0.1) is 0 Å². The van der Waals surface area contributed by atoms with Crippen LogP contribution < -0.4 is 11.2 Å². The van der Waals surface area contributed by atoms with Crippen LogP contribution in [0, 0.1) is 6.92 Å². The molecule has 2 atom stereocenters. The number of carbonyl (C=O) groups excluding carboxylic acids is 1. The van der Waals surface area contributed by atoms with Gasteiger partial charge in [-0.3, -0.25) is 19.1 Å². The normalized spacial score (nSPS) is 19.9. The Hall–Kier alpha value is -2.42. The van der Waals surface area contributed by atoms with Gasteiger partial charge in [0.15, 0.2) is 0 Å². The van der Waals surface area contributed by atoms with Gasteiger partial charge in [-0.05, 0) is 18.6 Å². The molecule has 1 amide bonds. The van der Waals surface area contributed by atoms with Crippen LogP contribution in [0.25, 0.3) is 0 Å². The lowest BCUT2D eigenvalue weighted by molar-refractivity contribution is -0.150. The van der Waals surface area contributed by atoms with E-state index in [1.165, 1.54) is 6.20 Å². The van der Waals surface area contributed by atoms with Gasteiger partial charge in [0, 0.05) is 23.3 Å². The number of aromatic nitrogens is 2. The lowest BCUT2D eigenvalue weighted by Crippen LogP contribution is -2.51. The number of benzene rings is 1. The van der Waals surface area contributed by atoms with E-state index in [-0.39, 0.29) is 25.7 Å². The van der Waals surface area contributed by atoms with Crippen molar-refractivity contribution in [1.82, 2.24) is 14.5 Å². The van der Waals surface area contributed by atoms with Gasteiger partial charge in [0.05, 0.1) is 19.3 Å². The molecule has 1 saturated heterocycles. The molecular formula is C18H20ClN3O5. The van der Waals surface area contributed by atoms with Crippen LogP contribution in [0.2, 0.25) is 5.02 Å². The fourth-order valence-corrected chi connectivity index (χ4v) is 3.47. The maximum absolute atomic E-state index is 13.0. The monoisotopic (exact) mass is 393 g/mol. The number of halogens is 1. The van der Waals surface area contributed by atoms with Gasteiger partial charge < -0.3 is 14.7 Å². The summed E-state index contributed by atoms with van der Waals surface area (Å²) in [4.78, 5) is 40.2. The number of morpholine rings is 1. The van der Waals surface area contributed by atoms with Crippen molar-refractivity contribution in [1.29, 1.82) is 0 Å². The van der Waals surface area contributed by atoms with Crippen molar-refractivity contribution in [2.75, 3.05) is 19.8 Å². The second kappa shape index (κ2) is 8.08. The lowest BCUT2D eigenvalue weighted by Gasteiger charge is -2.41. The molecule has 0 spiro atoms. The zero-order chi connectivity index (χ0) is 19.6. The molecule has 0 saturated carbocycles. The molecule has 0 unspecified atom stereocenters. The Labute approximate surface area is 160 Å². The molecule has 1 aromatic heterocycles. The van der Waals surface area contributed by atoms with E-state index in [1.54, 1.807) is 36.1 Å². The number of aryl methyl sites for hydroxylation is 1. The van der Waals surface area contributed by atoms with E-state index in [9.17, 15) is 19.5 Å². The number of rotatable bonds is 4. The molecule has 1 fully saturated rings. The van der Waals surface area contributed by atoms with Crippen molar-refractivity contribution < 1.29 is 14.6 Å². The van der Waals surface area contributed by atoms with E-state index in [0.29, 0.717) is 22.7 Å². The molecule has 2 heterocycles. The maximum Gasteiger partial charge on any atom is 0.328 e. The largest absolute Gasteiger partial charge is 0.394 e. The number of nitrogens with zero attached hydrogens (tertiary/aromatic N) is 2. The molecule has 3 rings (SSSR count). The Morgan fingerprint density at radius 2 is 2.11 bits per heavy atom. The van der Waals surface area contributed by atoms with E-state index >= 15 is 0 Å². The van der Waals surface area contributed by atoms with Gasteiger partial charge in [-0.2, -0.15) is 0 Å². The van der Waals surface area contributed by atoms with Crippen LogP contribution in [-0.4, -0.2) is 51.3 Å². The third kappa shape index (κ3) is 3.97. The molecule has 1 aliphatic heterocycles. The summed E-state index contributed by atoms with van der Waals surface area (Å²) >= 11 is 6.30. The minimum atomic E-state index is -0.653. The highest BCUT2D eigenvalue weighted by Crippen LogP contribution is 2.34. The Balaban J connectivity index is 1.94. The predicted molar refractivity (Wildman–Crippen MR) is 98.8 cm³/mol.